The average Bonchev–Trinajstić information content (AvgIpc) is 3.26. The number of hydrogen-bond acceptors (Lipinski definition) is 7. The first-order chi connectivity index (χ1) is 14.7. The Bertz CT molecular complexity index is 975. The number of β-lactam (4-membered cyclic amide) rings is 1. The normalized spacial score (nSPS) is 28.2. The Kier molecular flexibility index (Phi) is 5.01. The average molecular weight is 449 g/mol. The summed E-state index contributed by atoms with van der Waals surface area (Å²) in [5.41, 5.74) is 0.251. The maximum atomic E-state index is 12.7. The van der Waals surface area contributed by atoms with Crippen molar-refractivity contribution in [2.45, 2.75) is 22.2 Å². The van der Waals surface area contributed by atoms with E-state index in [4.69, 9.17) is 5.84 Å². The summed E-state index contributed by atoms with van der Waals surface area (Å²) in [6, 6.07) is 6.08. The largest absolute Gasteiger partial charge is 0.480 e. The van der Waals surface area contributed by atoms with Gasteiger partial charge in [0, 0.05) is 6.54 Å². The summed E-state index contributed by atoms with van der Waals surface area (Å²) in [5.74, 6) is -0.0600. The molecule has 5 N–H and O–H groups in total. The summed E-state index contributed by atoms with van der Waals surface area (Å²) >= 11 is 0.855. The van der Waals surface area contributed by atoms with Gasteiger partial charge < -0.3 is 20.4 Å². The summed E-state index contributed by atoms with van der Waals surface area (Å²) in [7, 11) is 0. The number of fused-ring (bicyclic) bond motifs is 1. The molecule has 1 unspecified atom stereocenters. The molecule has 164 valence electrons. The van der Waals surface area contributed by atoms with E-state index in [2.05, 4.69) is 5.32 Å². The van der Waals surface area contributed by atoms with Crippen molar-refractivity contribution in [2.24, 2.45) is 5.84 Å². The minimum absolute atomic E-state index is 0.0789. The maximum Gasteiger partial charge on any atom is 0.342 e. The molecule has 0 radical (unpaired) electrons. The van der Waals surface area contributed by atoms with Crippen molar-refractivity contribution in [2.75, 3.05) is 19.6 Å². The summed E-state index contributed by atoms with van der Waals surface area (Å²) < 4.78 is 0. The van der Waals surface area contributed by atoms with Gasteiger partial charge in [-0.3, -0.25) is 24.3 Å². The smallest absolute Gasteiger partial charge is 0.342 e. The van der Waals surface area contributed by atoms with E-state index in [0.29, 0.717) is 0 Å². The van der Waals surface area contributed by atoms with Crippen LogP contribution in [0.2, 0.25) is 0 Å². The standard InChI is InChI=1S/C18H19N5O7S/c19-23-7-6-22(17(23)30)18(16(28)29)8-21-13(25)11(14(21)31-18)20-12(24)10(15(26)27)9-4-2-1-3-5-9/h1-5,10-11,14H,6-8,19H2,(H,20,24)(H,26,27)(H,28,29)/t10?,11-,14-,18-/m1/s1. The third kappa shape index (κ3) is 3.16. The SMILES string of the molecule is NN1CCN([C@]2(C(=O)O)CN3C(=O)[C@@H](NC(=O)C(C(=O)O)c4ccccc4)[C@H]3S2)C1=O. The second-order valence-corrected chi connectivity index (χ2v) is 8.75. The molecular weight excluding hydrogens is 430 g/mol. The second kappa shape index (κ2) is 7.42. The topological polar surface area (TPSA) is 174 Å². The van der Waals surface area contributed by atoms with Crippen LogP contribution in [0.15, 0.2) is 30.3 Å². The molecule has 3 aliphatic heterocycles. The zero-order valence-electron chi connectivity index (χ0n) is 16.0. The van der Waals surface area contributed by atoms with Gasteiger partial charge in [0.15, 0.2) is 5.92 Å². The van der Waals surface area contributed by atoms with Crippen LogP contribution in [0.5, 0.6) is 0 Å². The predicted molar refractivity (Wildman–Crippen MR) is 105 cm³/mol. The Morgan fingerprint density at radius 2 is 1.84 bits per heavy atom. The van der Waals surface area contributed by atoms with E-state index in [-0.39, 0.29) is 25.2 Å². The van der Waals surface area contributed by atoms with Crippen LogP contribution in [-0.2, 0) is 19.2 Å². The fourth-order valence-electron chi connectivity index (χ4n) is 3.98. The van der Waals surface area contributed by atoms with Gasteiger partial charge in [0.05, 0.1) is 13.1 Å². The molecule has 0 saturated carbocycles. The van der Waals surface area contributed by atoms with Gasteiger partial charge in [0.25, 0.3) is 0 Å². The van der Waals surface area contributed by atoms with Crippen molar-refractivity contribution in [3.63, 3.8) is 0 Å². The molecule has 0 aliphatic carbocycles. The molecule has 1 aromatic rings. The van der Waals surface area contributed by atoms with Gasteiger partial charge in [0.2, 0.25) is 16.7 Å². The molecule has 31 heavy (non-hydrogen) atoms. The minimum atomic E-state index is -1.74. The number of hydrazine groups is 1. The highest BCUT2D eigenvalue weighted by Crippen LogP contribution is 2.49. The van der Waals surface area contributed by atoms with Crippen molar-refractivity contribution in [1.82, 2.24) is 20.1 Å². The van der Waals surface area contributed by atoms with Crippen molar-refractivity contribution in [3.8, 4) is 0 Å². The summed E-state index contributed by atoms with van der Waals surface area (Å²) in [5, 5.41) is 22.0. The Morgan fingerprint density at radius 1 is 1.16 bits per heavy atom. The van der Waals surface area contributed by atoms with Gasteiger partial charge in [-0.2, -0.15) is 0 Å². The zero-order valence-corrected chi connectivity index (χ0v) is 16.8. The number of thioether (sulfide) groups is 1. The molecule has 4 atom stereocenters. The van der Waals surface area contributed by atoms with E-state index in [1.165, 1.54) is 17.0 Å². The minimum Gasteiger partial charge on any atom is -0.480 e. The molecular formula is C18H19N5O7S. The van der Waals surface area contributed by atoms with E-state index >= 15 is 0 Å². The maximum absolute atomic E-state index is 12.7. The lowest BCUT2D eigenvalue weighted by Gasteiger charge is -2.41. The molecule has 1 aromatic carbocycles. The molecule has 0 aromatic heterocycles. The number of carbonyl (C=O) groups is 5. The lowest BCUT2D eigenvalue weighted by molar-refractivity contribution is -0.153. The molecule has 13 heteroatoms. The molecule has 4 rings (SSSR count). The summed E-state index contributed by atoms with van der Waals surface area (Å²) in [4.78, 5) is 62.0. The molecule has 3 aliphatic rings. The quantitative estimate of drug-likeness (QED) is 0.177. The first kappa shape index (κ1) is 20.9. The van der Waals surface area contributed by atoms with Crippen LogP contribution in [0, 0.1) is 0 Å². The number of amides is 4. The van der Waals surface area contributed by atoms with Crippen LogP contribution < -0.4 is 11.2 Å². The van der Waals surface area contributed by atoms with Gasteiger partial charge in [0.1, 0.15) is 11.4 Å². The van der Waals surface area contributed by atoms with Crippen molar-refractivity contribution in [3.05, 3.63) is 35.9 Å². The Morgan fingerprint density at radius 3 is 2.39 bits per heavy atom. The van der Waals surface area contributed by atoms with E-state index < -0.39 is 52.0 Å². The van der Waals surface area contributed by atoms with Gasteiger partial charge in [-0.15, -0.1) is 0 Å². The van der Waals surface area contributed by atoms with Gasteiger partial charge in [-0.25, -0.2) is 15.4 Å². The van der Waals surface area contributed by atoms with Crippen LogP contribution in [0.3, 0.4) is 0 Å². The highest BCUT2D eigenvalue weighted by atomic mass is 32.2. The first-order valence-electron chi connectivity index (χ1n) is 9.31. The fourth-order valence-corrected chi connectivity index (χ4v) is 5.62. The molecule has 4 amide bonds. The highest BCUT2D eigenvalue weighted by molar-refractivity contribution is 8.02. The molecule has 3 heterocycles. The van der Waals surface area contributed by atoms with E-state index in [1.807, 2.05) is 0 Å². The van der Waals surface area contributed by atoms with E-state index in [9.17, 15) is 34.2 Å². The van der Waals surface area contributed by atoms with Gasteiger partial charge in [-0.05, 0) is 5.56 Å². The number of carboxylic acids is 2. The number of carbonyl (C=O) groups excluding carboxylic acids is 3. The van der Waals surface area contributed by atoms with Crippen molar-refractivity contribution in [1.29, 1.82) is 0 Å². The number of hydrogen-bond donors (Lipinski definition) is 4. The third-order valence-corrected chi connectivity index (χ3v) is 7.28. The third-order valence-electron chi connectivity index (χ3n) is 5.59. The second-order valence-electron chi connectivity index (χ2n) is 7.36. The van der Waals surface area contributed by atoms with Gasteiger partial charge in [-0.1, -0.05) is 42.1 Å². The number of urea groups is 1. The van der Waals surface area contributed by atoms with Crippen LogP contribution in [-0.4, -0.2) is 90.7 Å². The number of nitrogens with zero attached hydrogens (tertiary/aromatic N) is 3. The molecule has 3 saturated heterocycles. The van der Waals surface area contributed by atoms with Crippen LogP contribution in [0.1, 0.15) is 11.5 Å². The van der Waals surface area contributed by atoms with E-state index in [1.54, 1.807) is 18.2 Å². The van der Waals surface area contributed by atoms with E-state index in [0.717, 1.165) is 21.7 Å². The summed E-state index contributed by atoms with van der Waals surface area (Å²) in [6.45, 7) is -0.0381. The Hall–Kier alpha value is -3.32. The zero-order chi connectivity index (χ0) is 22.5. The number of benzene rings is 1. The summed E-state index contributed by atoms with van der Waals surface area (Å²) in [6.07, 6.45) is 0. The lowest BCUT2D eigenvalue weighted by Crippen LogP contribution is -2.68. The van der Waals surface area contributed by atoms with Gasteiger partial charge >= 0.3 is 18.0 Å². The highest BCUT2D eigenvalue weighted by Gasteiger charge is 2.66. The molecule has 0 bridgehead atoms. The molecule has 12 nitrogen and oxygen atoms in total. The number of rotatable bonds is 6. The number of nitrogens with one attached hydrogen (secondary N) is 1. The number of nitrogens with two attached hydrogens (primary N) is 1. The fraction of sp³-hybridized carbons (Fsp3) is 0.389. The predicted octanol–water partition coefficient (Wildman–Crippen LogP) is -1.35. The molecule has 0 spiro atoms. The lowest BCUT2D eigenvalue weighted by atomic mass is 9.97. The monoisotopic (exact) mass is 449 g/mol. The van der Waals surface area contributed by atoms with Crippen LogP contribution in [0.25, 0.3) is 0 Å². The van der Waals surface area contributed by atoms with Crippen LogP contribution >= 0.6 is 11.8 Å². The molecule has 3 fully saturated rings. The van der Waals surface area contributed by atoms with Crippen LogP contribution in [0.4, 0.5) is 4.79 Å². The van der Waals surface area contributed by atoms with Crippen molar-refractivity contribution >= 4 is 41.5 Å². The first-order valence-corrected chi connectivity index (χ1v) is 10.2. The Balaban J connectivity index is 1.53. The Labute approximate surface area is 179 Å². The number of aliphatic carboxylic acids is 2. The van der Waals surface area contributed by atoms with Crippen molar-refractivity contribution < 1.29 is 34.2 Å². The number of carboxylic acid groups (broad SMARTS) is 2.